The second-order valence-electron chi connectivity index (χ2n) is 6.66. The number of nitrogens with zero attached hydrogens (tertiary/aromatic N) is 3. The van der Waals surface area contributed by atoms with E-state index in [0.29, 0.717) is 18.1 Å². The number of piperazine rings is 1. The van der Waals surface area contributed by atoms with E-state index in [-0.39, 0.29) is 5.91 Å². The Hall–Kier alpha value is -2.11. The zero-order valence-electron chi connectivity index (χ0n) is 14.8. The van der Waals surface area contributed by atoms with Crippen LogP contribution in [0.15, 0.2) is 36.4 Å². The van der Waals surface area contributed by atoms with Gasteiger partial charge in [0.05, 0.1) is 9.72 Å². The second kappa shape index (κ2) is 6.89. The third kappa shape index (κ3) is 3.17. The van der Waals surface area contributed by atoms with Crippen LogP contribution in [0.1, 0.15) is 21.5 Å². The van der Waals surface area contributed by atoms with Crippen molar-refractivity contribution in [2.45, 2.75) is 13.8 Å². The molecule has 1 fully saturated rings. The van der Waals surface area contributed by atoms with Crippen LogP contribution in [0.3, 0.4) is 0 Å². The van der Waals surface area contributed by atoms with E-state index < -0.39 is 0 Å². The molecule has 134 valence electrons. The number of carbonyl (C=O) groups excluding carboxylic acids is 1. The number of hydrogen-bond acceptors (Lipinski definition) is 4. The maximum Gasteiger partial charge on any atom is 0.253 e. The molecule has 0 saturated carbocycles. The maximum atomic E-state index is 12.8. The number of halogens is 1. The molecule has 4 nitrogen and oxygen atoms in total. The predicted molar refractivity (Wildman–Crippen MR) is 109 cm³/mol. The third-order valence-electron chi connectivity index (χ3n) is 4.95. The zero-order valence-corrected chi connectivity index (χ0v) is 16.4. The number of rotatable bonds is 2. The number of thiazole rings is 1. The summed E-state index contributed by atoms with van der Waals surface area (Å²) in [4.78, 5) is 21.6. The minimum atomic E-state index is 0.111. The first kappa shape index (κ1) is 17.3. The van der Waals surface area contributed by atoms with Crippen LogP contribution in [0.2, 0.25) is 5.02 Å². The van der Waals surface area contributed by atoms with Crippen molar-refractivity contribution < 1.29 is 4.79 Å². The van der Waals surface area contributed by atoms with Gasteiger partial charge < -0.3 is 9.80 Å². The van der Waals surface area contributed by atoms with Gasteiger partial charge in [0.2, 0.25) is 0 Å². The van der Waals surface area contributed by atoms with E-state index in [1.807, 2.05) is 48.2 Å². The molecule has 0 unspecified atom stereocenters. The molecule has 1 aliphatic rings. The Bertz CT molecular complexity index is 976. The molecule has 0 bridgehead atoms. The molecule has 1 amide bonds. The van der Waals surface area contributed by atoms with E-state index in [9.17, 15) is 4.79 Å². The lowest BCUT2D eigenvalue weighted by Gasteiger charge is -2.34. The first-order valence-electron chi connectivity index (χ1n) is 8.69. The summed E-state index contributed by atoms with van der Waals surface area (Å²) in [6.45, 7) is 7.09. The van der Waals surface area contributed by atoms with Crippen molar-refractivity contribution in [2.24, 2.45) is 0 Å². The molecular weight excluding hydrogens is 366 g/mol. The Morgan fingerprint density at radius 1 is 1.08 bits per heavy atom. The van der Waals surface area contributed by atoms with Crippen molar-refractivity contribution in [3.05, 3.63) is 58.1 Å². The first-order valence-corrected chi connectivity index (χ1v) is 9.89. The molecule has 1 aromatic heterocycles. The van der Waals surface area contributed by atoms with E-state index in [1.165, 1.54) is 5.56 Å². The first-order chi connectivity index (χ1) is 12.5. The molecule has 2 heterocycles. The highest BCUT2D eigenvalue weighted by molar-refractivity contribution is 7.22. The van der Waals surface area contributed by atoms with Crippen LogP contribution in [0.4, 0.5) is 5.13 Å². The van der Waals surface area contributed by atoms with Crippen LogP contribution >= 0.6 is 22.9 Å². The van der Waals surface area contributed by atoms with E-state index in [0.717, 1.165) is 39.6 Å². The molecule has 0 atom stereocenters. The molecule has 0 radical (unpaired) electrons. The van der Waals surface area contributed by atoms with Gasteiger partial charge in [0, 0.05) is 31.7 Å². The summed E-state index contributed by atoms with van der Waals surface area (Å²) in [7, 11) is 0. The van der Waals surface area contributed by atoms with Crippen molar-refractivity contribution in [1.29, 1.82) is 0 Å². The Morgan fingerprint density at radius 2 is 1.85 bits per heavy atom. The fourth-order valence-corrected chi connectivity index (χ4v) is 4.51. The molecule has 1 aliphatic heterocycles. The molecule has 26 heavy (non-hydrogen) atoms. The zero-order chi connectivity index (χ0) is 18.3. The van der Waals surface area contributed by atoms with E-state index in [1.54, 1.807) is 11.3 Å². The van der Waals surface area contributed by atoms with Gasteiger partial charge in [-0.1, -0.05) is 35.1 Å². The van der Waals surface area contributed by atoms with E-state index in [2.05, 4.69) is 11.8 Å². The Balaban J connectivity index is 1.47. The number of fused-ring (bicyclic) bond motifs is 1. The fourth-order valence-electron chi connectivity index (χ4n) is 3.20. The highest BCUT2D eigenvalue weighted by Crippen LogP contribution is 2.33. The van der Waals surface area contributed by atoms with Crippen LogP contribution in [0.5, 0.6) is 0 Å². The summed E-state index contributed by atoms with van der Waals surface area (Å²) >= 11 is 7.89. The molecule has 0 aliphatic carbocycles. The van der Waals surface area contributed by atoms with Gasteiger partial charge in [-0.25, -0.2) is 4.98 Å². The molecule has 3 aromatic rings. The van der Waals surface area contributed by atoms with Crippen LogP contribution in [0.25, 0.3) is 10.2 Å². The van der Waals surface area contributed by atoms with Gasteiger partial charge in [0.15, 0.2) is 5.13 Å². The predicted octanol–water partition coefficient (Wildman–Crippen LogP) is 4.53. The number of hydrogen-bond donors (Lipinski definition) is 0. The van der Waals surface area contributed by atoms with Gasteiger partial charge in [-0.2, -0.15) is 0 Å². The monoisotopic (exact) mass is 385 g/mol. The molecule has 0 spiro atoms. The Kier molecular flexibility index (Phi) is 4.59. The van der Waals surface area contributed by atoms with E-state index in [4.69, 9.17) is 16.6 Å². The van der Waals surface area contributed by atoms with Gasteiger partial charge in [-0.15, -0.1) is 0 Å². The van der Waals surface area contributed by atoms with Gasteiger partial charge in [-0.3, -0.25) is 4.79 Å². The van der Waals surface area contributed by atoms with Crippen molar-refractivity contribution in [3.63, 3.8) is 0 Å². The minimum Gasteiger partial charge on any atom is -0.345 e. The normalized spacial score (nSPS) is 14.9. The number of carbonyl (C=O) groups is 1. The average Bonchev–Trinajstić information content (AvgIpc) is 3.09. The lowest BCUT2D eigenvalue weighted by Crippen LogP contribution is -2.48. The van der Waals surface area contributed by atoms with Gasteiger partial charge in [0.25, 0.3) is 5.91 Å². The molecule has 4 rings (SSSR count). The Morgan fingerprint density at radius 3 is 2.54 bits per heavy atom. The molecule has 6 heteroatoms. The molecule has 1 saturated heterocycles. The topological polar surface area (TPSA) is 36.4 Å². The summed E-state index contributed by atoms with van der Waals surface area (Å²) in [5.41, 5.74) is 4.00. The average molecular weight is 386 g/mol. The van der Waals surface area contributed by atoms with Crippen LogP contribution in [0, 0.1) is 13.8 Å². The molecular formula is C20H20ClN3OS. The van der Waals surface area contributed by atoms with E-state index >= 15 is 0 Å². The summed E-state index contributed by atoms with van der Waals surface area (Å²) in [5, 5.41) is 1.67. The lowest BCUT2D eigenvalue weighted by atomic mass is 10.1. The highest BCUT2D eigenvalue weighted by atomic mass is 35.5. The second-order valence-corrected chi connectivity index (χ2v) is 8.08. The fraction of sp³-hybridized carbons (Fsp3) is 0.300. The van der Waals surface area contributed by atoms with Crippen LogP contribution < -0.4 is 4.90 Å². The quantitative estimate of drug-likeness (QED) is 0.650. The largest absolute Gasteiger partial charge is 0.345 e. The van der Waals surface area contributed by atoms with Crippen molar-refractivity contribution in [2.75, 3.05) is 31.1 Å². The van der Waals surface area contributed by atoms with Crippen molar-refractivity contribution in [3.8, 4) is 0 Å². The Labute approximate surface area is 162 Å². The van der Waals surface area contributed by atoms with Crippen LogP contribution in [-0.4, -0.2) is 42.0 Å². The number of aryl methyl sites for hydroxylation is 2. The number of para-hydroxylation sites is 1. The van der Waals surface area contributed by atoms with Crippen molar-refractivity contribution >= 4 is 44.2 Å². The molecule has 2 aromatic carbocycles. The number of anilines is 1. The summed E-state index contributed by atoms with van der Waals surface area (Å²) in [6, 6.07) is 11.8. The maximum absolute atomic E-state index is 12.8. The van der Waals surface area contributed by atoms with Crippen molar-refractivity contribution in [1.82, 2.24) is 9.88 Å². The summed E-state index contributed by atoms with van der Waals surface area (Å²) in [6.07, 6.45) is 0. The highest BCUT2D eigenvalue weighted by Gasteiger charge is 2.24. The lowest BCUT2D eigenvalue weighted by molar-refractivity contribution is 0.0746. The summed E-state index contributed by atoms with van der Waals surface area (Å²) in [5.74, 6) is 0.111. The third-order valence-corrected chi connectivity index (χ3v) is 6.34. The standard InChI is InChI=1S/C20H20ClN3OS/c1-13-6-7-15(12-14(13)2)19(25)23-8-10-24(11-9-23)20-22-18-16(21)4-3-5-17(18)26-20/h3-7,12H,8-11H2,1-2H3. The molecule has 0 N–H and O–H groups in total. The SMILES string of the molecule is Cc1ccc(C(=O)N2CCN(c3nc4c(Cl)cccc4s3)CC2)cc1C. The number of amides is 1. The smallest absolute Gasteiger partial charge is 0.253 e. The van der Waals surface area contributed by atoms with Gasteiger partial charge in [-0.05, 0) is 49.2 Å². The van der Waals surface area contributed by atoms with Gasteiger partial charge in [0.1, 0.15) is 5.52 Å². The number of aromatic nitrogens is 1. The van der Waals surface area contributed by atoms with Crippen LogP contribution in [-0.2, 0) is 0 Å². The van der Waals surface area contributed by atoms with Gasteiger partial charge >= 0.3 is 0 Å². The number of benzene rings is 2. The minimum absolute atomic E-state index is 0.111. The summed E-state index contributed by atoms with van der Waals surface area (Å²) < 4.78 is 1.10.